The monoisotopic (exact) mass is 460 g/mol. The topological polar surface area (TPSA) is 9.23 Å². The Hall–Kier alpha value is -2.29. The number of rotatable bonds is 6. The van der Waals surface area contributed by atoms with Crippen molar-refractivity contribution in [2.75, 3.05) is 0 Å². The molecule has 1 aliphatic rings. The number of benzene rings is 3. The molecule has 4 rings (SSSR count). The van der Waals surface area contributed by atoms with E-state index in [2.05, 4.69) is 77.1 Å². The average Bonchev–Trinajstić information content (AvgIpc) is 3.26. The van der Waals surface area contributed by atoms with E-state index in [4.69, 9.17) is 16.3 Å². The first-order valence-electron chi connectivity index (χ1n) is 11.7. The van der Waals surface area contributed by atoms with E-state index in [1.165, 1.54) is 27.1 Å². The van der Waals surface area contributed by atoms with Crippen molar-refractivity contribution >= 4 is 36.1 Å². The maximum atomic E-state index is 6.81. The minimum absolute atomic E-state index is 0.0933. The van der Waals surface area contributed by atoms with E-state index in [1.807, 2.05) is 30.3 Å². The lowest BCUT2D eigenvalue weighted by molar-refractivity contribution is 0.458. The Balaban J connectivity index is 2.03. The number of para-hydroxylation sites is 1. The SMILES string of the molecule is CC[Si](CC)(c1cccc2c1C=CC2)c1cc(Cl)cc(C(C)(C)C)c1Oc1ccccc1. The lowest BCUT2D eigenvalue weighted by Gasteiger charge is -2.36. The molecule has 0 heterocycles. The largest absolute Gasteiger partial charge is 0.457 e. The van der Waals surface area contributed by atoms with Crippen LogP contribution in [0.2, 0.25) is 17.1 Å². The molecule has 0 radical (unpaired) electrons. The molecule has 3 heteroatoms. The first-order chi connectivity index (χ1) is 15.3. The van der Waals surface area contributed by atoms with Crippen LogP contribution in [0.4, 0.5) is 0 Å². The maximum Gasteiger partial charge on any atom is 0.130 e. The Morgan fingerprint density at radius 3 is 2.28 bits per heavy atom. The molecule has 0 bridgehead atoms. The third-order valence-corrected chi connectivity index (χ3v) is 12.4. The van der Waals surface area contributed by atoms with Crippen molar-refractivity contribution < 1.29 is 4.74 Å². The summed E-state index contributed by atoms with van der Waals surface area (Å²) in [7, 11) is -2.15. The second-order valence-electron chi connectivity index (χ2n) is 9.77. The van der Waals surface area contributed by atoms with Crippen LogP contribution in [-0.4, -0.2) is 8.07 Å². The molecule has 0 atom stereocenters. The van der Waals surface area contributed by atoms with Crippen molar-refractivity contribution in [3.05, 3.63) is 88.5 Å². The number of fused-ring (bicyclic) bond motifs is 1. The molecule has 0 saturated carbocycles. The number of allylic oxidation sites excluding steroid dienone is 1. The Labute approximate surface area is 199 Å². The van der Waals surface area contributed by atoms with Gasteiger partial charge in [-0.05, 0) is 57.6 Å². The van der Waals surface area contributed by atoms with Gasteiger partial charge in [0.05, 0.1) is 0 Å². The van der Waals surface area contributed by atoms with Crippen LogP contribution in [0, 0.1) is 0 Å². The van der Waals surface area contributed by atoms with Crippen molar-refractivity contribution in [2.45, 2.75) is 58.5 Å². The fourth-order valence-electron chi connectivity index (χ4n) is 5.09. The smallest absolute Gasteiger partial charge is 0.130 e. The molecule has 1 aliphatic carbocycles. The van der Waals surface area contributed by atoms with Crippen molar-refractivity contribution in [1.29, 1.82) is 0 Å². The molecule has 0 fully saturated rings. The molecule has 0 amide bonds. The molecule has 32 heavy (non-hydrogen) atoms. The van der Waals surface area contributed by atoms with Crippen molar-refractivity contribution in [3.8, 4) is 11.5 Å². The maximum absolute atomic E-state index is 6.81. The summed E-state index contributed by atoms with van der Waals surface area (Å²) < 4.78 is 6.73. The Bertz CT molecular complexity index is 1140. The second kappa shape index (κ2) is 8.92. The molecule has 0 N–H and O–H groups in total. The highest BCUT2D eigenvalue weighted by molar-refractivity contribution is 7.03. The normalized spacial score (nSPS) is 13.3. The second-order valence-corrected chi connectivity index (χ2v) is 14.9. The van der Waals surface area contributed by atoms with Gasteiger partial charge in [-0.15, -0.1) is 0 Å². The molecule has 0 unspecified atom stereocenters. The summed E-state index contributed by atoms with van der Waals surface area (Å²) in [5, 5.41) is 3.62. The van der Waals surface area contributed by atoms with Gasteiger partial charge in [0.1, 0.15) is 19.6 Å². The van der Waals surface area contributed by atoms with E-state index in [9.17, 15) is 0 Å². The van der Waals surface area contributed by atoms with E-state index in [0.29, 0.717) is 0 Å². The fraction of sp³-hybridized carbons (Fsp3) is 0.310. The summed E-state index contributed by atoms with van der Waals surface area (Å²) in [5.41, 5.74) is 3.94. The molecule has 0 aromatic heterocycles. The highest BCUT2D eigenvalue weighted by Gasteiger charge is 2.40. The molecule has 0 spiro atoms. The van der Waals surface area contributed by atoms with Gasteiger partial charge in [-0.3, -0.25) is 0 Å². The first-order valence-corrected chi connectivity index (χ1v) is 14.5. The molecule has 1 nitrogen and oxygen atoms in total. The summed E-state index contributed by atoms with van der Waals surface area (Å²) in [6, 6.07) is 23.5. The molecule has 0 saturated heterocycles. The molecular formula is C29H33ClOSi. The lowest BCUT2D eigenvalue weighted by atomic mass is 9.86. The van der Waals surface area contributed by atoms with Gasteiger partial charge in [0.25, 0.3) is 0 Å². The molecular weight excluding hydrogens is 428 g/mol. The molecule has 3 aromatic rings. The van der Waals surface area contributed by atoms with Gasteiger partial charge >= 0.3 is 0 Å². The van der Waals surface area contributed by atoms with E-state index in [0.717, 1.165) is 35.0 Å². The number of ether oxygens (including phenoxy) is 1. The van der Waals surface area contributed by atoms with E-state index in [1.54, 1.807) is 0 Å². The lowest BCUT2D eigenvalue weighted by Crippen LogP contribution is -2.58. The quantitative estimate of drug-likeness (QED) is 0.344. The molecule has 0 aliphatic heterocycles. The number of hydrogen-bond acceptors (Lipinski definition) is 1. The Morgan fingerprint density at radius 1 is 0.906 bits per heavy atom. The van der Waals surface area contributed by atoms with Gasteiger partial charge < -0.3 is 4.74 Å². The first kappa shape index (κ1) is 22.9. The predicted octanol–water partition coefficient (Wildman–Crippen LogP) is 7.60. The predicted molar refractivity (Wildman–Crippen MR) is 142 cm³/mol. The van der Waals surface area contributed by atoms with Crippen LogP contribution < -0.4 is 15.1 Å². The van der Waals surface area contributed by atoms with Gasteiger partial charge in [-0.2, -0.15) is 0 Å². The van der Waals surface area contributed by atoms with Crippen molar-refractivity contribution in [3.63, 3.8) is 0 Å². The number of hydrogen-bond donors (Lipinski definition) is 0. The van der Waals surface area contributed by atoms with Gasteiger partial charge in [-0.25, -0.2) is 0 Å². The summed E-state index contributed by atoms with van der Waals surface area (Å²) in [5.74, 6) is 1.87. The van der Waals surface area contributed by atoms with Gasteiger partial charge in [-0.1, -0.05) is 107 Å². The van der Waals surface area contributed by atoms with Crippen molar-refractivity contribution in [2.24, 2.45) is 0 Å². The van der Waals surface area contributed by atoms with Crippen LogP contribution in [0.15, 0.2) is 66.7 Å². The van der Waals surface area contributed by atoms with Crippen LogP contribution in [0.25, 0.3) is 6.08 Å². The minimum Gasteiger partial charge on any atom is -0.457 e. The van der Waals surface area contributed by atoms with Gasteiger partial charge in [0.15, 0.2) is 0 Å². The third-order valence-electron chi connectivity index (χ3n) is 6.88. The summed E-state index contributed by atoms with van der Waals surface area (Å²) in [4.78, 5) is 0. The van der Waals surface area contributed by atoms with Gasteiger partial charge in [0, 0.05) is 10.6 Å². The zero-order chi connectivity index (χ0) is 22.9. The minimum atomic E-state index is -2.15. The van der Waals surface area contributed by atoms with Crippen LogP contribution in [0.3, 0.4) is 0 Å². The van der Waals surface area contributed by atoms with Crippen LogP contribution in [-0.2, 0) is 11.8 Å². The highest BCUT2D eigenvalue weighted by atomic mass is 35.5. The standard InChI is InChI=1S/C29H33ClOSi/c1-6-32(7-2,26-18-12-14-21-13-11-17-24(21)26)27-20-22(30)19-25(29(3,4)5)28(27)31-23-15-9-8-10-16-23/h8-12,14-20H,6-7,13H2,1-5H3. The average molecular weight is 461 g/mol. The van der Waals surface area contributed by atoms with Crippen molar-refractivity contribution in [1.82, 2.24) is 0 Å². The zero-order valence-corrected chi connectivity index (χ0v) is 21.6. The van der Waals surface area contributed by atoms with Crippen LogP contribution in [0.5, 0.6) is 11.5 Å². The molecule has 166 valence electrons. The number of halogens is 1. The van der Waals surface area contributed by atoms with Gasteiger partial charge in [0.2, 0.25) is 0 Å². The molecule has 3 aromatic carbocycles. The fourth-order valence-corrected chi connectivity index (χ4v) is 9.94. The third kappa shape index (κ3) is 4.07. The summed E-state index contributed by atoms with van der Waals surface area (Å²) >= 11 is 6.81. The Kier molecular flexibility index (Phi) is 6.38. The summed E-state index contributed by atoms with van der Waals surface area (Å²) in [6.45, 7) is 11.4. The summed E-state index contributed by atoms with van der Waals surface area (Å²) in [6.07, 6.45) is 5.64. The van der Waals surface area contributed by atoms with Crippen LogP contribution >= 0.6 is 11.6 Å². The van der Waals surface area contributed by atoms with E-state index >= 15 is 0 Å². The van der Waals surface area contributed by atoms with E-state index in [-0.39, 0.29) is 5.41 Å². The zero-order valence-electron chi connectivity index (χ0n) is 19.8. The highest BCUT2D eigenvalue weighted by Crippen LogP contribution is 2.38. The Morgan fingerprint density at radius 2 is 1.62 bits per heavy atom. The van der Waals surface area contributed by atoms with E-state index < -0.39 is 8.07 Å². The van der Waals surface area contributed by atoms with Crippen LogP contribution in [0.1, 0.15) is 51.3 Å².